The summed E-state index contributed by atoms with van der Waals surface area (Å²) in [5, 5.41) is 2.88. The Labute approximate surface area is 118 Å². The maximum Gasteiger partial charge on any atom is 0.190 e. The van der Waals surface area contributed by atoms with Gasteiger partial charge in [-0.25, -0.2) is 8.78 Å². The minimum absolute atomic E-state index is 0.215. The number of benzene rings is 1. The highest BCUT2D eigenvalue weighted by atomic mass is 19.1. The van der Waals surface area contributed by atoms with Gasteiger partial charge in [0.1, 0.15) is 0 Å². The Morgan fingerprint density at radius 3 is 2.50 bits per heavy atom. The van der Waals surface area contributed by atoms with Crippen LogP contribution < -0.4 is 10.1 Å². The zero-order valence-corrected chi connectivity index (χ0v) is 11.8. The quantitative estimate of drug-likeness (QED) is 0.892. The van der Waals surface area contributed by atoms with E-state index in [0.717, 1.165) is 12.3 Å². The minimum Gasteiger partial charge on any atom is -0.487 e. The van der Waals surface area contributed by atoms with E-state index < -0.39 is 11.6 Å². The summed E-state index contributed by atoms with van der Waals surface area (Å²) in [4.78, 5) is 0. The molecule has 0 saturated heterocycles. The lowest BCUT2D eigenvalue weighted by Gasteiger charge is -2.22. The van der Waals surface area contributed by atoms with E-state index in [4.69, 9.17) is 4.74 Å². The molecule has 0 aromatic heterocycles. The van der Waals surface area contributed by atoms with Crippen LogP contribution in [0.1, 0.15) is 31.2 Å². The maximum absolute atomic E-state index is 13.9. The van der Waals surface area contributed by atoms with E-state index in [9.17, 15) is 8.78 Å². The van der Waals surface area contributed by atoms with E-state index in [1.54, 1.807) is 7.05 Å². The van der Waals surface area contributed by atoms with Gasteiger partial charge in [0.05, 0.1) is 6.61 Å². The summed E-state index contributed by atoms with van der Waals surface area (Å²) in [7, 11) is 1.75. The van der Waals surface area contributed by atoms with E-state index >= 15 is 0 Å². The Kier molecular flexibility index (Phi) is 3.92. The number of halogens is 2. The Morgan fingerprint density at radius 1 is 1.20 bits per heavy atom. The molecule has 0 aliphatic heterocycles. The van der Waals surface area contributed by atoms with Gasteiger partial charge in [-0.05, 0) is 61.8 Å². The molecule has 2 nitrogen and oxygen atoms in total. The van der Waals surface area contributed by atoms with Gasteiger partial charge >= 0.3 is 0 Å². The van der Waals surface area contributed by atoms with Crippen molar-refractivity contribution in [1.82, 2.24) is 5.32 Å². The highest BCUT2D eigenvalue weighted by Gasteiger charge is 2.39. The van der Waals surface area contributed by atoms with Crippen LogP contribution >= 0.6 is 0 Å². The number of nitrogens with one attached hydrogen (secondary N) is 1. The first-order valence-corrected chi connectivity index (χ1v) is 7.42. The van der Waals surface area contributed by atoms with Crippen LogP contribution in [0.3, 0.4) is 0 Å². The summed E-state index contributed by atoms with van der Waals surface area (Å²) in [5.41, 5.74) is 0.592. The number of rotatable bonds is 5. The lowest BCUT2D eigenvalue weighted by atomic mass is 9.89. The van der Waals surface area contributed by atoms with Crippen molar-refractivity contribution in [1.29, 1.82) is 0 Å². The molecule has 3 unspecified atom stereocenters. The molecular formula is C16H21F2NO. The van der Waals surface area contributed by atoms with Gasteiger partial charge in [0.15, 0.2) is 17.4 Å². The first-order chi connectivity index (χ1) is 9.67. The van der Waals surface area contributed by atoms with Crippen LogP contribution in [0.25, 0.3) is 0 Å². The largest absolute Gasteiger partial charge is 0.487 e. The lowest BCUT2D eigenvalue weighted by molar-refractivity contribution is 0.183. The number of fused-ring (bicyclic) bond motifs is 2. The molecule has 0 radical (unpaired) electrons. The summed E-state index contributed by atoms with van der Waals surface area (Å²) < 4.78 is 33.3. The third kappa shape index (κ3) is 2.66. The summed E-state index contributed by atoms with van der Waals surface area (Å²) in [5.74, 6) is 0.588. The normalized spacial score (nSPS) is 28.1. The van der Waals surface area contributed by atoms with Crippen LogP contribution in [0.5, 0.6) is 5.75 Å². The van der Waals surface area contributed by atoms with Crippen molar-refractivity contribution in [3.63, 3.8) is 0 Å². The fraction of sp³-hybridized carbons (Fsp3) is 0.625. The second kappa shape index (κ2) is 5.68. The molecule has 2 bridgehead atoms. The highest BCUT2D eigenvalue weighted by molar-refractivity contribution is 5.31. The molecule has 1 aromatic carbocycles. The third-order valence-corrected chi connectivity index (χ3v) is 4.77. The van der Waals surface area contributed by atoms with E-state index in [1.165, 1.54) is 31.4 Å². The smallest absolute Gasteiger partial charge is 0.190 e. The maximum atomic E-state index is 13.9. The van der Waals surface area contributed by atoms with Gasteiger partial charge in [-0.2, -0.15) is 0 Å². The van der Waals surface area contributed by atoms with E-state index in [0.29, 0.717) is 30.6 Å². The van der Waals surface area contributed by atoms with Gasteiger partial charge in [-0.3, -0.25) is 0 Å². The Morgan fingerprint density at radius 2 is 1.95 bits per heavy atom. The first kappa shape index (κ1) is 13.8. The molecule has 2 aliphatic rings. The van der Waals surface area contributed by atoms with E-state index in [1.807, 2.05) is 0 Å². The molecule has 20 heavy (non-hydrogen) atoms. The van der Waals surface area contributed by atoms with Crippen LogP contribution in [0.2, 0.25) is 0 Å². The second-order valence-electron chi connectivity index (χ2n) is 6.16. The summed E-state index contributed by atoms with van der Waals surface area (Å²) in [6.45, 7) is 0.890. The molecule has 3 atom stereocenters. The Hall–Kier alpha value is -1.16. The molecule has 4 heteroatoms. The van der Waals surface area contributed by atoms with Crippen LogP contribution in [0, 0.1) is 29.4 Å². The molecule has 110 valence electrons. The van der Waals surface area contributed by atoms with Crippen molar-refractivity contribution in [2.45, 2.75) is 32.2 Å². The van der Waals surface area contributed by atoms with Gasteiger partial charge < -0.3 is 10.1 Å². The fourth-order valence-electron chi connectivity index (χ4n) is 3.83. The van der Waals surface area contributed by atoms with Gasteiger partial charge in [0, 0.05) is 6.54 Å². The van der Waals surface area contributed by atoms with Crippen molar-refractivity contribution in [2.75, 3.05) is 13.7 Å². The molecular weight excluding hydrogens is 260 g/mol. The average molecular weight is 281 g/mol. The highest BCUT2D eigenvalue weighted by Crippen LogP contribution is 2.48. The number of hydrogen-bond donors (Lipinski definition) is 1. The summed E-state index contributed by atoms with van der Waals surface area (Å²) >= 11 is 0. The van der Waals surface area contributed by atoms with Gasteiger partial charge in [0.25, 0.3) is 0 Å². The average Bonchev–Trinajstić information content (AvgIpc) is 3.00. The van der Waals surface area contributed by atoms with Crippen LogP contribution in [0.15, 0.2) is 12.1 Å². The van der Waals surface area contributed by atoms with E-state index in [2.05, 4.69) is 5.32 Å². The van der Waals surface area contributed by atoms with Crippen molar-refractivity contribution >= 4 is 0 Å². The van der Waals surface area contributed by atoms with Crippen molar-refractivity contribution in [2.24, 2.45) is 17.8 Å². The Bertz CT molecular complexity index is 468. The second-order valence-corrected chi connectivity index (χ2v) is 6.16. The molecule has 0 spiro atoms. The van der Waals surface area contributed by atoms with Crippen molar-refractivity contribution < 1.29 is 13.5 Å². The molecule has 2 aliphatic carbocycles. The standard InChI is InChI=1S/C16H21F2NO/c1-19-8-11-6-14(17)16(15(18)7-11)20-9-13-5-10-2-3-12(13)4-10/h6-7,10,12-13,19H,2-5,8-9H2,1H3. The van der Waals surface area contributed by atoms with Crippen molar-refractivity contribution in [3.05, 3.63) is 29.3 Å². The zero-order valence-electron chi connectivity index (χ0n) is 11.8. The summed E-state index contributed by atoms with van der Waals surface area (Å²) in [6, 6.07) is 2.69. The van der Waals surface area contributed by atoms with Gasteiger partial charge in [-0.1, -0.05) is 6.42 Å². The van der Waals surface area contributed by atoms with Crippen LogP contribution in [-0.4, -0.2) is 13.7 Å². The molecule has 0 amide bonds. The monoisotopic (exact) mass is 281 g/mol. The molecule has 3 rings (SSSR count). The van der Waals surface area contributed by atoms with Crippen LogP contribution in [0.4, 0.5) is 8.78 Å². The van der Waals surface area contributed by atoms with Crippen LogP contribution in [-0.2, 0) is 6.54 Å². The molecule has 2 saturated carbocycles. The minimum atomic E-state index is -0.599. The molecule has 2 fully saturated rings. The predicted molar refractivity (Wildman–Crippen MR) is 73.6 cm³/mol. The Balaban J connectivity index is 1.65. The third-order valence-electron chi connectivity index (χ3n) is 4.77. The van der Waals surface area contributed by atoms with Crippen molar-refractivity contribution in [3.8, 4) is 5.75 Å². The molecule has 0 heterocycles. The fourth-order valence-corrected chi connectivity index (χ4v) is 3.83. The molecule has 1 aromatic rings. The topological polar surface area (TPSA) is 21.3 Å². The lowest BCUT2D eigenvalue weighted by Crippen LogP contribution is -2.19. The summed E-state index contributed by atoms with van der Waals surface area (Å²) in [6.07, 6.45) is 5.01. The predicted octanol–water partition coefficient (Wildman–Crippen LogP) is 3.50. The van der Waals surface area contributed by atoms with Gasteiger partial charge in [0.2, 0.25) is 0 Å². The number of hydrogen-bond acceptors (Lipinski definition) is 2. The number of ether oxygens (including phenoxy) is 1. The van der Waals surface area contributed by atoms with E-state index in [-0.39, 0.29) is 5.75 Å². The SMILES string of the molecule is CNCc1cc(F)c(OCC2CC3CCC2C3)c(F)c1. The molecule has 1 N–H and O–H groups in total. The first-order valence-electron chi connectivity index (χ1n) is 7.42. The van der Waals surface area contributed by atoms with Gasteiger partial charge in [-0.15, -0.1) is 0 Å². The zero-order chi connectivity index (χ0) is 14.1.